The van der Waals surface area contributed by atoms with E-state index in [1.165, 1.54) is 12.2 Å². The fourth-order valence-electron chi connectivity index (χ4n) is 0.348. The molecule has 1 rings (SSSR count). The van der Waals surface area contributed by atoms with Gasteiger partial charge >= 0.3 is 0 Å². The summed E-state index contributed by atoms with van der Waals surface area (Å²) in [6.07, 6.45) is 4.03. The molecule has 7 heavy (non-hydrogen) atoms. The van der Waals surface area contributed by atoms with Gasteiger partial charge in [-0.25, -0.2) is 4.72 Å². The highest BCUT2D eigenvalue weighted by atomic mass is 32.2. The minimum absolute atomic E-state index is 0.720. The summed E-state index contributed by atoms with van der Waals surface area (Å²) in [5, 5.41) is 0. The maximum absolute atomic E-state index is 4.91. The van der Waals surface area contributed by atoms with Crippen LogP contribution in [0.3, 0.4) is 0 Å². The van der Waals surface area contributed by atoms with Gasteiger partial charge in [-0.15, -0.1) is 0 Å². The molecule has 0 aromatic rings. The summed E-state index contributed by atoms with van der Waals surface area (Å²) in [7, 11) is 0. The third kappa shape index (κ3) is 1.97. The molecule has 0 aliphatic carbocycles. The Bertz CT molecular complexity index is 66.1. The highest BCUT2D eigenvalue weighted by molar-refractivity contribution is 7.92. The Kier molecular flexibility index (Phi) is 2.26. The molecule has 0 spiro atoms. The van der Waals surface area contributed by atoms with Gasteiger partial charge in [0.1, 0.15) is 0 Å². The van der Waals surface area contributed by atoms with Crippen LogP contribution >= 0.6 is 12.2 Å². The van der Waals surface area contributed by atoms with Gasteiger partial charge in [0.15, 0.2) is 0 Å². The lowest BCUT2D eigenvalue weighted by molar-refractivity contribution is 0.428. The van der Waals surface area contributed by atoms with Gasteiger partial charge in [-0.1, -0.05) is 12.2 Å². The van der Waals surface area contributed by atoms with E-state index in [1.54, 1.807) is 0 Å². The lowest BCUT2D eigenvalue weighted by Crippen LogP contribution is -1.99. The van der Waals surface area contributed by atoms with Gasteiger partial charge < -0.3 is 0 Å². The van der Waals surface area contributed by atoms with Crippen molar-refractivity contribution in [2.45, 2.75) is 0 Å². The first-order chi connectivity index (χ1) is 3.50. The van der Waals surface area contributed by atoms with Gasteiger partial charge in [-0.3, -0.25) is 4.18 Å². The molecule has 1 aliphatic heterocycles. The first-order valence-electron chi connectivity index (χ1n) is 2.16. The number of hydrogen-bond acceptors (Lipinski definition) is 3. The summed E-state index contributed by atoms with van der Waals surface area (Å²) in [4.78, 5) is 0. The van der Waals surface area contributed by atoms with E-state index in [0.717, 1.165) is 13.2 Å². The van der Waals surface area contributed by atoms with Crippen LogP contribution in [0.1, 0.15) is 0 Å². The Morgan fingerprint density at radius 2 is 2.57 bits per heavy atom. The molecular weight excluding hydrogens is 110 g/mol. The molecule has 0 atom stereocenters. The monoisotopic (exact) mass is 117 g/mol. The molecule has 0 radical (unpaired) electrons. The van der Waals surface area contributed by atoms with Crippen LogP contribution in [0.25, 0.3) is 0 Å². The summed E-state index contributed by atoms with van der Waals surface area (Å²) >= 11 is 1.30. The average Bonchev–Trinajstić information content (AvgIpc) is 1.90. The van der Waals surface area contributed by atoms with E-state index in [1.807, 2.05) is 12.2 Å². The van der Waals surface area contributed by atoms with Crippen molar-refractivity contribution in [3.63, 3.8) is 0 Å². The van der Waals surface area contributed by atoms with Crippen LogP contribution in [0.2, 0.25) is 0 Å². The number of rotatable bonds is 0. The van der Waals surface area contributed by atoms with E-state index in [-0.39, 0.29) is 0 Å². The second-order valence-electron chi connectivity index (χ2n) is 1.19. The van der Waals surface area contributed by atoms with Crippen molar-refractivity contribution in [3.8, 4) is 0 Å². The zero-order chi connectivity index (χ0) is 4.95. The fraction of sp³-hybridized carbons (Fsp3) is 0.500. The van der Waals surface area contributed by atoms with E-state index in [0.29, 0.717) is 0 Å². The summed E-state index contributed by atoms with van der Waals surface area (Å²) in [6.45, 7) is 1.63. The molecular formula is C4H7NOS. The fourth-order valence-corrected chi connectivity index (χ4v) is 0.743. The van der Waals surface area contributed by atoms with Gasteiger partial charge in [0.25, 0.3) is 0 Å². The van der Waals surface area contributed by atoms with Crippen LogP contribution < -0.4 is 4.72 Å². The Hall–Kier alpha value is 0.01000. The lowest BCUT2D eigenvalue weighted by atomic mass is 10.5. The van der Waals surface area contributed by atoms with Gasteiger partial charge in [0, 0.05) is 6.54 Å². The predicted molar refractivity (Wildman–Crippen MR) is 30.7 cm³/mol. The standard InChI is InChI=1S/C4H7NOS/c1-2-4-6-7-5-3-1/h1-2,5H,3-4H2. The SMILES string of the molecule is C1=CCOSNC1. The van der Waals surface area contributed by atoms with E-state index >= 15 is 0 Å². The van der Waals surface area contributed by atoms with Gasteiger partial charge in [-0.05, 0) is 0 Å². The van der Waals surface area contributed by atoms with E-state index < -0.39 is 0 Å². The van der Waals surface area contributed by atoms with Gasteiger partial charge in [0.2, 0.25) is 0 Å². The minimum atomic E-state index is 0.720. The molecule has 0 saturated carbocycles. The molecule has 1 heterocycles. The predicted octanol–water partition coefficient (Wildman–Crippen LogP) is 0.726. The minimum Gasteiger partial charge on any atom is -0.297 e. The molecule has 0 saturated heterocycles. The third-order valence-corrected chi connectivity index (χ3v) is 1.19. The molecule has 2 nitrogen and oxygen atoms in total. The zero-order valence-electron chi connectivity index (χ0n) is 3.89. The van der Waals surface area contributed by atoms with E-state index in [9.17, 15) is 0 Å². The first kappa shape index (κ1) is 5.15. The third-order valence-electron chi connectivity index (χ3n) is 0.650. The molecule has 0 aromatic carbocycles. The normalized spacial score (nSPS) is 21.7. The Morgan fingerprint density at radius 3 is 3.57 bits per heavy atom. The van der Waals surface area contributed by atoms with Crippen LogP contribution in [0.5, 0.6) is 0 Å². The van der Waals surface area contributed by atoms with Crippen molar-refractivity contribution in [2.75, 3.05) is 13.2 Å². The first-order valence-corrected chi connectivity index (χ1v) is 2.90. The average molecular weight is 117 g/mol. The van der Waals surface area contributed by atoms with Gasteiger partial charge in [0.05, 0.1) is 18.8 Å². The highest BCUT2D eigenvalue weighted by Gasteiger charge is 1.87. The van der Waals surface area contributed by atoms with Crippen molar-refractivity contribution in [1.82, 2.24) is 4.72 Å². The van der Waals surface area contributed by atoms with Crippen LogP contribution in [-0.2, 0) is 4.18 Å². The largest absolute Gasteiger partial charge is 0.297 e. The topological polar surface area (TPSA) is 21.3 Å². The van der Waals surface area contributed by atoms with Crippen molar-refractivity contribution in [3.05, 3.63) is 12.2 Å². The molecule has 40 valence electrons. The molecule has 0 fully saturated rings. The molecule has 1 aliphatic rings. The number of hydrogen-bond donors (Lipinski definition) is 1. The Balaban J connectivity index is 2.20. The van der Waals surface area contributed by atoms with E-state index in [2.05, 4.69) is 4.72 Å². The number of nitrogens with one attached hydrogen (secondary N) is 1. The maximum Gasteiger partial charge on any atom is 0.0810 e. The molecule has 0 bridgehead atoms. The maximum atomic E-state index is 4.91. The summed E-state index contributed by atoms with van der Waals surface area (Å²) in [5.41, 5.74) is 0. The van der Waals surface area contributed by atoms with Crippen molar-refractivity contribution in [2.24, 2.45) is 0 Å². The summed E-state index contributed by atoms with van der Waals surface area (Å²) < 4.78 is 7.87. The van der Waals surface area contributed by atoms with Crippen LogP contribution in [0.15, 0.2) is 12.2 Å². The summed E-state index contributed by atoms with van der Waals surface area (Å²) in [5.74, 6) is 0. The zero-order valence-corrected chi connectivity index (χ0v) is 4.70. The molecule has 0 aromatic heterocycles. The van der Waals surface area contributed by atoms with Crippen LogP contribution in [-0.4, -0.2) is 13.2 Å². The summed E-state index contributed by atoms with van der Waals surface area (Å²) in [6, 6.07) is 0. The van der Waals surface area contributed by atoms with Gasteiger partial charge in [-0.2, -0.15) is 0 Å². The second-order valence-corrected chi connectivity index (χ2v) is 1.88. The Labute approximate surface area is 47.3 Å². The van der Waals surface area contributed by atoms with E-state index in [4.69, 9.17) is 4.18 Å². The molecule has 3 heteroatoms. The molecule has 0 amide bonds. The van der Waals surface area contributed by atoms with Crippen molar-refractivity contribution < 1.29 is 4.18 Å². The highest BCUT2D eigenvalue weighted by Crippen LogP contribution is 1.97. The lowest BCUT2D eigenvalue weighted by Gasteiger charge is -1.91. The molecule has 1 N–H and O–H groups in total. The van der Waals surface area contributed by atoms with Crippen molar-refractivity contribution in [1.29, 1.82) is 0 Å². The van der Waals surface area contributed by atoms with Crippen molar-refractivity contribution >= 4 is 12.2 Å². The van der Waals surface area contributed by atoms with Crippen LogP contribution in [0, 0.1) is 0 Å². The second kappa shape index (κ2) is 3.07. The Morgan fingerprint density at radius 1 is 1.57 bits per heavy atom. The van der Waals surface area contributed by atoms with Crippen LogP contribution in [0.4, 0.5) is 0 Å². The molecule has 0 unspecified atom stereocenters. The quantitative estimate of drug-likeness (QED) is 0.287. The smallest absolute Gasteiger partial charge is 0.0810 e.